The normalized spacial score (nSPS) is 9.90. The molecule has 2 rings (SSSR count). The number of carbonyl (C=O) groups is 1. The van der Waals surface area contributed by atoms with Gasteiger partial charge in [0.25, 0.3) is 0 Å². The Bertz CT molecular complexity index is 680. The van der Waals surface area contributed by atoms with Crippen molar-refractivity contribution < 1.29 is 9.53 Å². The van der Waals surface area contributed by atoms with E-state index >= 15 is 0 Å². The minimum Gasteiger partial charge on any atom is -0.367 e. The molecule has 21 heavy (non-hydrogen) atoms. The van der Waals surface area contributed by atoms with Crippen LogP contribution in [0.25, 0.3) is 0 Å². The molecule has 0 saturated carbocycles. The summed E-state index contributed by atoms with van der Waals surface area (Å²) in [5, 5.41) is 11.6. The lowest BCUT2D eigenvalue weighted by Gasteiger charge is -2.07. The Hall–Kier alpha value is -2.16. The van der Waals surface area contributed by atoms with Gasteiger partial charge in [0.1, 0.15) is 12.7 Å². The summed E-state index contributed by atoms with van der Waals surface area (Å²) >= 11 is 3.38. The van der Waals surface area contributed by atoms with E-state index in [0.717, 1.165) is 10.0 Å². The smallest absolute Gasteiger partial charge is 0.250 e. The third kappa shape index (κ3) is 4.71. The maximum absolute atomic E-state index is 11.8. The van der Waals surface area contributed by atoms with Gasteiger partial charge < -0.3 is 10.1 Å². The maximum atomic E-state index is 11.8. The van der Waals surface area contributed by atoms with E-state index in [-0.39, 0.29) is 12.5 Å². The number of carbonyl (C=O) groups excluding carboxylic acids is 1. The summed E-state index contributed by atoms with van der Waals surface area (Å²) < 4.78 is 6.33. The average Bonchev–Trinajstić information content (AvgIpc) is 2.48. The van der Waals surface area contributed by atoms with Crippen LogP contribution in [-0.2, 0) is 16.1 Å². The standard InChI is InChI=1S/C16H13BrN2O2/c17-14-6-3-4-12(8-14)10-21-11-16(20)19-15-7-2-1-5-13(15)9-18/h1-8H,10-11H2,(H,19,20). The number of benzene rings is 2. The number of nitriles is 1. The molecule has 0 fully saturated rings. The average molecular weight is 345 g/mol. The van der Waals surface area contributed by atoms with E-state index in [2.05, 4.69) is 21.2 Å². The van der Waals surface area contributed by atoms with E-state index in [0.29, 0.717) is 17.9 Å². The van der Waals surface area contributed by atoms with Gasteiger partial charge in [-0.1, -0.05) is 40.2 Å². The molecule has 0 unspecified atom stereocenters. The Kier molecular flexibility index (Phi) is 5.50. The molecule has 0 aromatic heterocycles. The highest BCUT2D eigenvalue weighted by Gasteiger charge is 2.06. The topological polar surface area (TPSA) is 62.1 Å². The first-order chi connectivity index (χ1) is 10.2. The first kappa shape index (κ1) is 15.2. The van der Waals surface area contributed by atoms with Crippen molar-refractivity contribution in [2.24, 2.45) is 0 Å². The van der Waals surface area contributed by atoms with Crippen LogP contribution < -0.4 is 5.32 Å². The molecule has 0 heterocycles. The van der Waals surface area contributed by atoms with Crippen molar-refractivity contribution in [3.63, 3.8) is 0 Å². The molecule has 2 aromatic rings. The van der Waals surface area contributed by atoms with Crippen LogP contribution in [0.15, 0.2) is 53.0 Å². The van der Waals surface area contributed by atoms with Gasteiger partial charge in [-0.3, -0.25) is 4.79 Å². The van der Waals surface area contributed by atoms with Crippen LogP contribution in [0.5, 0.6) is 0 Å². The lowest BCUT2D eigenvalue weighted by molar-refractivity contribution is -0.121. The number of nitrogens with one attached hydrogen (secondary N) is 1. The fraction of sp³-hybridized carbons (Fsp3) is 0.125. The van der Waals surface area contributed by atoms with Crippen LogP contribution in [0.3, 0.4) is 0 Å². The molecule has 2 aromatic carbocycles. The molecule has 5 heteroatoms. The zero-order valence-corrected chi connectivity index (χ0v) is 12.8. The molecular weight excluding hydrogens is 332 g/mol. The van der Waals surface area contributed by atoms with Gasteiger partial charge in [0, 0.05) is 4.47 Å². The zero-order valence-electron chi connectivity index (χ0n) is 11.2. The van der Waals surface area contributed by atoms with E-state index in [9.17, 15) is 4.79 Å². The van der Waals surface area contributed by atoms with Crippen molar-refractivity contribution in [1.29, 1.82) is 5.26 Å². The number of ether oxygens (including phenoxy) is 1. The SMILES string of the molecule is N#Cc1ccccc1NC(=O)COCc1cccc(Br)c1. The highest BCUT2D eigenvalue weighted by Crippen LogP contribution is 2.14. The van der Waals surface area contributed by atoms with E-state index in [4.69, 9.17) is 10.00 Å². The summed E-state index contributed by atoms with van der Waals surface area (Å²) in [7, 11) is 0. The maximum Gasteiger partial charge on any atom is 0.250 e. The Morgan fingerprint density at radius 2 is 2.05 bits per heavy atom. The molecule has 106 valence electrons. The predicted molar refractivity (Wildman–Crippen MR) is 83.6 cm³/mol. The van der Waals surface area contributed by atoms with Gasteiger partial charge in [0.2, 0.25) is 5.91 Å². The van der Waals surface area contributed by atoms with Crippen molar-refractivity contribution in [2.45, 2.75) is 6.61 Å². The van der Waals surface area contributed by atoms with Crippen molar-refractivity contribution in [3.05, 3.63) is 64.1 Å². The Labute approximate surface area is 131 Å². The number of amides is 1. The van der Waals surface area contributed by atoms with Crippen LogP contribution in [0.2, 0.25) is 0 Å². The molecule has 0 saturated heterocycles. The van der Waals surface area contributed by atoms with Gasteiger partial charge in [-0.25, -0.2) is 0 Å². The largest absolute Gasteiger partial charge is 0.367 e. The molecule has 1 N–H and O–H groups in total. The van der Waals surface area contributed by atoms with Gasteiger partial charge in [-0.2, -0.15) is 5.26 Å². The minimum atomic E-state index is -0.285. The second-order valence-electron chi connectivity index (χ2n) is 4.33. The summed E-state index contributed by atoms with van der Waals surface area (Å²) in [4.78, 5) is 11.8. The third-order valence-electron chi connectivity index (χ3n) is 2.71. The summed E-state index contributed by atoms with van der Waals surface area (Å²) in [6, 6.07) is 16.6. The lowest BCUT2D eigenvalue weighted by Crippen LogP contribution is -2.18. The number of hydrogen-bond acceptors (Lipinski definition) is 3. The van der Waals surface area contributed by atoms with Crippen LogP contribution in [0.1, 0.15) is 11.1 Å². The zero-order chi connectivity index (χ0) is 15.1. The van der Waals surface area contributed by atoms with Crippen molar-refractivity contribution >= 4 is 27.5 Å². The van der Waals surface area contributed by atoms with Crippen molar-refractivity contribution in [2.75, 3.05) is 11.9 Å². The summed E-state index contributed by atoms with van der Waals surface area (Å²) in [6.45, 7) is 0.291. The van der Waals surface area contributed by atoms with Crippen molar-refractivity contribution in [3.8, 4) is 6.07 Å². The lowest BCUT2D eigenvalue weighted by atomic mass is 10.2. The number of rotatable bonds is 5. The predicted octanol–water partition coefficient (Wildman–Crippen LogP) is 3.48. The summed E-state index contributed by atoms with van der Waals surface area (Å²) in [5.74, 6) is -0.285. The van der Waals surface area contributed by atoms with Crippen LogP contribution >= 0.6 is 15.9 Å². The number of hydrogen-bond donors (Lipinski definition) is 1. The first-order valence-electron chi connectivity index (χ1n) is 6.30. The van der Waals surface area contributed by atoms with Gasteiger partial charge in [-0.05, 0) is 29.8 Å². The first-order valence-corrected chi connectivity index (χ1v) is 7.09. The second kappa shape index (κ2) is 7.58. The van der Waals surface area contributed by atoms with E-state index < -0.39 is 0 Å². The van der Waals surface area contributed by atoms with Gasteiger partial charge in [0.15, 0.2) is 0 Å². The number of anilines is 1. The van der Waals surface area contributed by atoms with Crippen molar-refractivity contribution in [1.82, 2.24) is 0 Å². The fourth-order valence-electron chi connectivity index (χ4n) is 1.76. The number of para-hydroxylation sites is 1. The Morgan fingerprint density at radius 3 is 2.81 bits per heavy atom. The molecule has 0 aliphatic rings. The second-order valence-corrected chi connectivity index (χ2v) is 5.24. The van der Waals surface area contributed by atoms with Gasteiger partial charge in [0.05, 0.1) is 17.9 Å². The quantitative estimate of drug-likeness (QED) is 0.903. The Balaban J connectivity index is 1.84. The highest BCUT2D eigenvalue weighted by molar-refractivity contribution is 9.10. The number of nitrogens with zero attached hydrogens (tertiary/aromatic N) is 1. The summed E-state index contributed by atoms with van der Waals surface area (Å²) in [5.41, 5.74) is 1.91. The molecule has 0 aliphatic carbocycles. The molecule has 0 aliphatic heterocycles. The molecule has 0 bridgehead atoms. The van der Waals surface area contributed by atoms with Crippen LogP contribution in [0.4, 0.5) is 5.69 Å². The number of halogens is 1. The third-order valence-corrected chi connectivity index (χ3v) is 3.21. The van der Waals surface area contributed by atoms with E-state index in [1.165, 1.54) is 0 Å². The molecule has 0 radical (unpaired) electrons. The van der Waals surface area contributed by atoms with Gasteiger partial charge in [-0.15, -0.1) is 0 Å². The fourth-order valence-corrected chi connectivity index (χ4v) is 2.21. The molecule has 0 spiro atoms. The Morgan fingerprint density at radius 1 is 1.24 bits per heavy atom. The monoisotopic (exact) mass is 344 g/mol. The molecule has 0 atom stereocenters. The van der Waals surface area contributed by atoms with Crippen LogP contribution in [-0.4, -0.2) is 12.5 Å². The molecule has 1 amide bonds. The minimum absolute atomic E-state index is 0.0632. The molecule has 4 nitrogen and oxygen atoms in total. The van der Waals surface area contributed by atoms with E-state index in [1.54, 1.807) is 24.3 Å². The molecular formula is C16H13BrN2O2. The van der Waals surface area contributed by atoms with Gasteiger partial charge >= 0.3 is 0 Å². The van der Waals surface area contributed by atoms with E-state index in [1.807, 2.05) is 30.3 Å². The highest BCUT2D eigenvalue weighted by atomic mass is 79.9. The summed E-state index contributed by atoms with van der Waals surface area (Å²) in [6.07, 6.45) is 0. The van der Waals surface area contributed by atoms with Crippen LogP contribution in [0, 0.1) is 11.3 Å².